The van der Waals surface area contributed by atoms with Gasteiger partial charge in [-0.25, -0.2) is 0 Å². The van der Waals surface area contributed by atoms with Crippen LogP contribution in [0.4, 0.5) is 17.3 Å². The number of nitrogens with zero attached hydrogens (tertiary/aromatic N) is 2. The van der Waals surface area contributed by atoms with E-state index in [1.807, 2.05) is 0 Å². The molecule has 1 heterocycles. The summed E-state index contributed by atoms with van der Waals surface area (Å²) in [6.45, 7) is 0. The first-order valence-electron chi connectivity index (χ1n) is 5.93. The summed E-state index contributed by atoms with van der Waals surface area (Å²) < 4.78 is 4.84. The number of benzene rings is 1. The number of carbonyl (C=O) groups excluding carboxylic acids is 1. The van der Waals surface area contributed by atoms with Crippen LogP contribution in [0.2, 0.25) is 0 Å². The Hall–Kier alpha value is -3.49. The molecule has 22 heavy (non-hydrogen) atoms. The fourth-order valence-electron chi connectivity index (χ4n) is 1.57. The van der Waals surface area contributed by atoms with Gasteiger partial charge in [0.2, 0.25) is 5.91 Å². The van der Waals surface area contributed by atoms with Gasteiger partial charge in [-0.2, -0.15) is 0 Å². The van der Waals surface area contributed by atoms with Crippen LogP contribution in [0, 0.1) is 20.2 Å². The third-order valence-corrected chi connectivity index (χ3v) is 2.52. The SMILES string of the molecule is O=C(/C=C/c1ccc([N+](=O)[O-])o1)Nc1cccc([N+](=O)[O-])c1. The standard InChI is InChI=1S/C13H9N3O6/c17-12(6-4-11-5-7-13(22-11)16(20)21)14-9-2-1-3-10(8-9)15(18)19/h1-8H,(H,14,17)/b6-4+. The normalized spacial score (nSPS) is 10.5. The lowest BCUT2D eigenvalue weighted by atomic mass is 10.3. The summed E-state index contributed by atoms with van der Waals surface area (Å²) in [5.74, 6) is -0.848. The number of anilines is 1. The number of non-ortho nitro benzene ring substituents is 1. The molecule has 0 aliphatic carbocycles. The van der Waals surface area contributed by atoms with Crippen LogP contribution in [0.25, 0.3) is 6.08 Å². The number of carbonyl (C=O) groups is 1. The average Bonchev–Trinajstić information content (AvgIpc) is 2.94. The number of furan rings is 1. The number of amides is 1. The van der Waals surface area contributed by atoms with Crippen molar-refractivity contribution in [1.82, 2.24) is 0 Å². The fraction of sp³-hybridized carbons (Fsp3) is 0. The Bertz CT molecular complexity index is 765. The van der Waals surface area contributed by atoms with E-state index in [1.54, 1.807) is 0 Å². The molecule has 0 fully saturated rings. The van der Waals surface area contributed by atoms with E-state index in [4.69, 9.17) is 4.42 Å². The molecule has 0 saturated carbocycles. The van der Waals surface area contributed by atoms with Gasteiger partial charge in [0.1, 0.15) is 10.7 Å². The van der Waals surface area contributed by atoms with Crippen molar-refractivity contribution in [3.05, 3.63) is 68.5 Å². The molecule has 9 heteroatoms. The minimum Gasteiger partial charge on any atom is -0.401 e. The number of hydrogen-bond acceptors (Lipinski definition) is 6. The summed E-state index contributed by atoms with van der Waals surface area (Å²) in [4.78, 5) is 31.4. The van der Waals surface area contributed by atoms with Gasteiger partial charge in [-0.3, -0.25) is 25.0 Å². The molecular formula is C13H9N3O6. The Morgan fingerprint density at radius 3 is 2.55 bits per heavy atom. The third kappa shape index (κ3) is 3.76. The van der Waals surface area contributed by atoms with Crippen LogP contribution in [0.5, 0.6) is 0 Å². The van der Waals surface area contributed by atoms with Gasteiger partial charge < -0.3 is 9.73 Å². The molecule has 2 aromatic rings. The molecule has 112 valence electrons. The number of nitrogens with one attached hydrogen (secondary N) is 1. The zero-order valence-corrected chi connectivity index (χ0v) is 11.0. The molecule has 1 amide bonds. The maximum absolute atomic E-state index is 11.7. The molecule has 1 aromatic heterocycles. The minimum atomic E-state index is -0.694. The van der Waals surface area contributed by atoms with E-state index in [-0.39, 0.29) is 17.1 Å². The van der Waals surface area contributed by atoms with Crippen molar-refractivity contribution in [2.24, 2.45) is 0 Å². The number of rotatable bonds is 5. The highest BCUT2D eigenvalue weighted by atomic mass is 16.6. The molecule has 0 aliphatic rings. The van der Waals surface area contributed by atoms with Crippen LogP contribution in [-0.2, 0) is 4.79 Å². The molecular weight excluding hydrogens is 294 g/mol. The molecule has 0 unspecified atom stereocenters. The van der Waals surface area contributed by atoms with Crippen LogP contribution in [0.3, 0.4) is 0 Å². The first-order valence-corrected chi connectivity index (χ1v) is 5.93. The van der Waals surface area contributed by atoms with Crippen molar-refractivity contribution in [2.75, 3.05) is 5.32 Å². The highest BCUT2D eigenvalue weighted by Crippen LogP contribution is 2.18. The van der Waals surface area contributed by atoms with Gasteiger partial charge in [0.15, 0.2) is 0 Å². The molecule has 1 N–H and O–H groups in total. The lowest BCUT2D eigenvalue weighted by Crippen LogP contribution is -2.07. The molecule has 9 nitrogen and oxygen atoms in total. The fourth-order valence-corrected chi connectivity index (χ4v) is 1.57. The number of nitro groups is 2. The van der Waals surface area contributed by atoms with Crippen LogP contribution >= 0.6 is 0 Å². The molecule has 0 bridgehead atoms. The molecule has 2 rings (SSSR count). The van der Waals surface area contributed by atoms with E-state index < -0.39 is 21.6 Å². The van der Waals surface area contributed by atoms with Gasteiger partial charge in [-0.1, -0.05) is 6.07 Å². The van der Waals surface area contributed by atoms with E-state index in [9.17, 15) is 25.0 Å². The smallest absolute Gasteiger partial charge is 0.401 e. The summed E-state index contributed by atoms with van der Waals surface area (Å²) in [7, 11) is 0. The molecule has 0 aliphatic heterocycles. The van der Waals surface area contributed by atoms with Crippen molar-refractivity contribution >= 4 is 29.2 Å². The average molecular weight is 303 g/mol. The Labute approximate surface area is 123 Å². The second-order valence-corrected chi connectivity index (χ2v) is 4.06. The predicted octanol–water partition coefficient (Wildman–Crippen LogP) is 2.75. The molecule has 0 spiro atoms. The van der Waals surface area contributed by atoms with Crippen molar-refractivity contribution in [3.8, 4) is 0 Å². The van der Waals surface area contributed by atoms with Gasteiger partial charge in [0.25, 0.3) is 5.69 Å². The summed E-state index contributed by atoms with van der Waals surface area (Å²) in [6.07, 6.45) is 2.35. The van der Waals surface area contributed by atoms with Gasteiger partial charge in [0, 0.05) is 23.9 Å². The molecule has 0 saturated heterocycles. The summed E-state index contributed by atoms with van der Waals surface area (Å²) >= 11 is 0. The van der Waals surface area contributed by atoms with E-state index in [0.717, 1.165) is 12.1 Å². The maximum atomic E-state index is 11.7. The molecule has 0 atom stereocenters. The van der Waals surface area contributed by atoms with Crippen LogP contribution in [0.1, 0.15) is 5.76 Å². The second-order valence-electron chi connectivity index (χ2n) is 4.06. The monoisotopic (exact) mass is 303 g/mol. The Kier molecular flexibility index (Phi) is 4.27. The predicted molar refractivity (Wildman–Crippen MR) is 76.1 cm³/mol. The summed E-state index contributed by atoms with van der Waals surface area (Å²) in [5.41, 5.74) is 0.109. The molecule has 1 aromatic carbocycles. The van der Waals surface area contributed by atoms with Crippen molar-refractivity contribution in [1.29, 1.82) is 0 Å². The van der Waals surface area contributed by atoms with Crippen LogP contribution in [0.15, 0.2) is 46.9 Å². The van der Waals surface area contributed by atoms with Gasteiger partial charge >= 0.3 is 5.88 Å². The molecule has 0 radical (unpaired) electrons. The van der Waals surface area contributed by atoms with E-state index in [1.165, 1.54) is 36.4 Å². The largest absolute Gasteiger partial charge is 0.433 e. The van der Waals surface area contributed by atoms with E-state index >= 15 is 0 Å². The second kappa shape index (κ2) is 6.31. The number of hydrogen-bond donors (Lipinski definition) is 1. The van der Waals surface area contributed by atoms with E-state index in [2.05, 4.69) is 5.32 Å². The highest BCUT2D eigenvalue weighted by Gasteiger charge is 2.10. The van der Waals surface area contributed by atoms with Crippen LogP contribution < -0.4 is 5.32 Å². The highest BCUT2D eigenvalue weighted by molar-refractivity contribution is 6.01. The zero-order chi connectivity index (χ0) is 16.1. The number of nitro benzene ring substituents is 1. The summed E-state index contributed by atoms with van der Waals surface area (Å²) in [6, 6.07) is 7.95. The van der Waals surface area contributed by atoms with E-state index in [0.29, 0.717) is 0 Å². The van der Waals surface area contributed by atoms with Crippen LogP contribution in [-0.4, -0.2) is 15.8 Å². The Morgan fingerprint density at radius 2 is 1.91 bits per heavy atom. The van der Waals surface area contributed by atoms with Gasteiger partial charge in [-0.15, -0.1) is 0 Å². The Morgan fingerprint density at radius 1 is 1.14 bits per heavy atom. The van der Waals surface area contributed by atoms with Gasteiger partial charge in [-0.05, 0) is 18.2 Å². The lowest BCUT2D eigenvalue weighted by molar-refractivity contribution is -0.402. The zero-order valence-electron chi connectivity index (χ0n) is 11.0. The topological polar surface area (TPSA) is 129 Å². The minimum absolute atomic E-state index is 0.140. The van der Waals surface area contributed by atoms with Crippen molar-refractivity contribution in [3.63, 3.8) is 0 Å². The maximum Gasteiger partial charge on any atom is 0.433 e. The van der Waals surface area contributed by atoms with Crippen molar-refractivity contribution < 1.29 is 19.1 Å². The van der Waals surface area contributed by atoms with Crippen molar-refractivity contribution in [2.45, 2.75) is 0 Å². The van der Waals surface area contributed by atoms with Gasteiger partial charge in [0.05, 0.1) is 11.0 Å². The summed E-state index contributed by atoms with van der Waals surface area (Å²) in [5, 5.41) is 23.5. The Balaban J connectivity index is 2.03. The first kappa shape index (κ1) is 14.9. The lowest BCUT2D eigenvalue weighted by Gasteiger charge is -2.01. The quantitative estimate of drug-likeness (QED) is 0.513. The first-order chi connectivity index (χ1) is 10.5. The third-order valence-electron chi connectivity index (χ3n) is 2.52.